The summed E-state index contributed by atoms with van der Waals surface area (Å²) in [5, 5.41) is 8.11. The van der Waals surface area contributed by atoms with E-state index in [0.29, 0.717) is 18.4 Å². The van der Waals surface area contributed by atoms with Gasteiger partial charge in [0.1, 0.15) is 0 Å². The molecular weight excluding hydrogens is 242 g/mol. The Morgan fingerprint density at radius 2 is 2.00 bits per heavy atom. The van der Waals surface area contributed by atoms with Gasteiger partial charge < -0.3 is 9.64 Å². The van der Waals surface area contributed by atoms with Gasteiger partial charge in [0.05, 0.1) is 6.61 Å². The molecule has 0 aromatic carbocycles. The summed E-state index contributed by atoms with van der Waals surface area (Å²) in [4.78, 5) is 13.7. The molecule has 0 spiro atoms. The molecule has 0 saturated carbocycles. The standard InChI is InChI=1S/C14H21N3O2/c1-4-19-14(18)12-5-6-13(16-15-12)17-8-10(2)7-11(3)9-17/h5-6,10-11H,4,7-9H2,1-3H3/t10-,11+. The Hall–Kier alpha value is -1.65. The van der Waals surface area contributed by atoms with Gasteiger partial charge in [-0.3, -0.25) is 0 Å². The number of rotatable bonds is 3. The zero-order valence-corrected chi connectivity index (χ0v) is 11.8. The lowest BCUT2D eigenvalue weighted by molar-refractivity contribution is 0.0518. The van der Waals surface area contributed by atoms with Gasteiger partial charge in [0.25, 0.3) is 0 Å². The summed E-state index contributed by atoms with van der Waals surface area (Å²) in [6.45, 7) is 8.63. The van der Waals surface area contributed by atoms with Crippen LogP contribution in [0.2, 0.25) is 0 Å². The first kappa shape index (κ1) is 13.8. The second-order valence-electron chi connectivity index (χ2n) is 5.35. The molecule has 1 aromatic rings. The monoisotopic (exact) mass is 263 g/mol. The molecule has 104 valence electrons. The number of esters is 1. The van der Waals surface area contributed by atoms with Crippen molar-refractivity contribution in [1.29, 1.82) is 0 Å². The first-order chi connectivity index (χ1) is 9.10. The molecule has 0 radical (unpaired) electrons. The van der Waals surface area contributed by atoms with Crippen molar-refractivity contribution >= 4 is 11.8 Å². The molecule has 2 atom stereocenters. The lowest BCUT2D eigenvalue weighted by atomic mass is 9.92. The number of hydrogen-bond acceptors (Lipinski definition) is 5. The Morgan fingerprint density at radius 1 is 1.32 bits per heavy atom. The number of aromatic nitrogens is 2. The lowest BCUT2D eigenvalue weighted by Crippen LogP contribution is -2.39. The molecule has 0 unspecified atom stereocenters. The van der Waals surface area contributed by atoms with Crippen LogP contribution in [0.1, 0.15) is 37.7 Å². The van der Waals surface area contributed by atoms with Gasteiger partial charge in [-0.1, -0.05) is 13.8 Å². The molecule has 1 aliphatic heterocycles. The number of piperidine rings is 1. The van der Waals surface area contributed by atoms with Crippen LogP contribution < -0.4 is 4.90 Å². The highest BCUT2D eigenvalue weighted by atomic mass is 16.5. The number of anilines is 1. The average Bonchev–Trinajstić information content (AvgIpc) is 2.38. The molecule has 19 heavy (non-hydrogen) atoms. The van der Waals surface area contributed by atoms with Crippen molar-refractivity contribution < 1.29 is 9.53 Å². The molecule has 1 fully saturated rings. The van der Waals surface area contributed by atoms with Crippen molar-refractivity contribution in [3.8, 4) is 0 Å². The summed E-state index contributed by atoms with van der Waals surface area (Å²) >= 11 is 0. The Kier molecular flexibility index (Phi) is 4.35. The van der Waals surface area contributed by atoms with Crippen LogP contribution in [0.15, 0.2) is 12.1 Å². The largest absolute Gasteiger partial charge is 0.461 e. The molecular formula is C14H21N3O2. The van der Waals surface area contributed by atoms with Crippen LogP contribution in [0.3, 0.4) is 0 Å². The van der Waals surface area contributed by atoms with Crippen LogP contribution in [0.25, 0.3) is 0 Å². The van der Waals surface area contributed by atoms with Gasteiger partial charge in [0, 0.05) is 13.1 Å². The van der Waals surface area contributed by atoms with Gasteiger partial charge in [-0.2, -0.15) is 0 Å². The van der Waals surface area contributed by atoms with Gasteiger partial charge >= 0.3 is 5.97 Å². The zero-order chi connectivity index (χ0) is 13.8. The average molecular weight is 263 g/mol. The van der Waals surface area contributed by atoms with E-state index >= 15 is 0 Å². The third-order valence-electron chi connectivity index (χ3n) is 3.33. The summed E-state index contributed by atoms with van der Waals surface area (Å²) in [5.41, 5.74) is 0.267. The SMILES string of the molecule is CCOC(=O)c1ccc(N2C[C@H](C)C[C@H](C)C2)nn1. The van der Waals surface area contributed by atoms with E-state index in [-0.39, 0.29) is 5.69 Å². The second-order valence-corrected chi connectivity index (χ2v) is 5.35. The first-order valence-corrected chi connectivity index (χ1v) is 6.86. The van der Waals surface area contributed by atoms with E-state index < -0.39 is 5.97 Å². The molecule has 2 heterocycles. The van der Waals surface area contributed by atoms with E-state index in [2.05, 4.69) is 28.9 Å². The number of nitrogens with zero attached hydrogens (tertiary/aromatic N) is 3. The van der Waals surface area contributed by atoms with E-state index in [1.165, 1.54) is 6.42 Å². The van der Waals surface area contributed by atoms with E-state index in [9.17, 15) is 4.79 Å². The summed E-state index contributed by atoms with van der Waals surface area (Å²) < 4.78 is 4.89. The molecule has 2 rings (SSSR count). The smallest absolute Gasteiger partial charge is 0.358 e. The van der Waals surface area contributed by atoms with Gasteiger partial charge in [-0.15, -0.1) is 10.2 Å². The van der Waals surface area contributed by atoms with Gasteiger partial charge in [-0.25, -0.2) is 4.79 Å². The number of carbonyl (C=O) groups is 1. The Morgan fingerprint density at radius 3 is 2.53 bits per heavy atom. The van der Waals surface area contributed by atoms with Crippen molar-refractivity contribution in [3.63, 3.8) is 0 Å². The van der Waals surface area contributed by atoms with Crippen molar-refractivity contribution in [2.75, 3.05) is 24.6 Å². The van der Waals surface area contributed by atoms with E-state index in [4.69, 9.17) is 4.74 Å². The maximum absolute atomic E-state index is 11.5. The van der Waals surface area contributed by atoms with Crippen molar-refractivity contribution in [2.24, 2.45) is 11.8 Å². The highest BCUT2D eigenvalue weighted by Crippen LogP contribution is 2.24. The molecule has 1 aliphatic rings. The van der Waals surface area contributed by atoms with Crippen LogP contribution >= 0.6 is 0 Å². The Balaban J connectivity index is 2.07. The maximum Gasteiger partial charge on any atom is 0.358 e. The van der Waals surface area contributed by atoms with Crippen molar-refractivity contribution in [3.05, 3.63) is 17.8 Å². The highest BCUT2D eigenvalue weighted by Gasteiger charge is 2.23. The van der Waals surface area contributed by atoms with Crippen LogP contribution in [0.4, 0.5) is 5.82 Å². The maximum atomic E-state index is 11.5. The van der Waals surface area contributed by atoms with Crippen LogP contribution in [-0.4, -0.2) is 35.9 Å². The summed E-state index contributed by atoms with van der Waals surface area (Å²) in [6, 6.07) is 3.54. The third-order valence-corrected chi connectivity index (χ3v) is 3.33. The van der Waals surface area contributed by atoms with Crippen LogP contribution in [-0.2, 0) is 4.74 Å². The molecule has 5 heteroatoms. The van der Waals surface area contributed by atoms with Gasteiger partial charge in [0.2, 0.25) is 0 Å². The predicted molar refractivity (Wildman–Crippen MR) is 73.1 cm³/mol. The molecule has 1 aromatic heterocycles. The topological polar surface area (TPSA) is 55.3 Å². The predicted octanol–water partition coefficient (Wildman–Crippen LogP) is 2.14. The van der Waals surface area contributed by atoms with Crippen molar-refractivity contribution in [1.82, 2.24) is 10.2 Å². The second kappa shape index (κ2) is 5.99. The molecule has 0 amide bonds. The fourth-order valence-corrected chi connectivity index (χ4v) is 2.66. The molecule has 0 aliphatic carbocycles. The van der Waals surface area contributed by atoms with Gasteiger partial charge in [-0.05, 0) is 37.3 Å². The minimum absolute atomic E-state index is 0.267. The summed E-state index contributed by atoms with van der Waals surface area (Å²) in [5.74, 6) is 1.75. The number of ether oxygens (including phenoxy) is 1. The highest BCUT2D eigenvalue weighted by molar-refractivity contribution is 5.87. The minimum Gasteiger partial charge on any atom is -0.461 e. The fraction of sp³-hybridized carbons (Fsp3) is 0.643. The molecule has 1 saturated heterocycles. The minimum atomic E-state index is -0.415. The number of carbonyl (C=O) groups excluding carboxylic acids is 1. The normalized spacial score (nSPS) is 23.2. The zero-order valence-electron chi connectivity index (χ0n) is 11.8. The quantitative estimate of drug-likeness (QED) is 0.782. The third kappa shape index (κ3) is 3.43. The summed E-state index contributed by atoms with van der Waals surface area (Å²) in [6.07, 6.45) is 1.25. The lowest BCUT2D eigenvalue weighted by Gasteiger charge is -2.35. The Bertz CT molecular complexity index is 423. The van der Waals surface area contributed by atoms with Crippen LogP contribution in [0.5, 0.6) is 0 Å². The summed E-state index contributed by atoms with van der Waals surface area (Å²) in [7, 11) is 0. The molecule has 5 nitrogen and oxygen atoms in total. The number of hydrogen-bond donors (Lipinski definition) is 0. The van der Waals surface area contributed by atoms with E-state index in [0.717, 1.165) is 18.9 Å². The Labute approximate surface area is 114 Å². The van der Waals surface area contributed by atoms with Crippen LogP contribution in [0, 0.1) is 11.8 Å². The molecule has 0 bridgehead atoms. The molecule has 0 N–H and O–H groups in total. The van der Waals surface area contributed by atoms with E-state index in [1.807, 2.05) is 6.07 Å². The van der Waals surface area contributed by atoms with E-state index in [1.54, 1.807) is 13.0 Å². The first-order valence-electron chi connectivity index (χ1n) is 6.86. The van der Waals surface area contributed by atoms with Gasteiger partial charge in [0.15, 0.2) is 11.5 Å². The fourth-order valence-electron chi connectivity index (χ4n) is 2.66. The van der Waals surface area contributed by atoms with Crippen molar-refractivity contribution in [2.45, 2.75) is 27.2 Å².